The topological polar surface area (TPSA) is 81.4 Å². The van der Waals surface area contributed by atoms with E-state index in [1.54, 1.807) is 6.07 Å². The van der Waals surface area contributed by atoms with E-state index in [1.165, 1.54) is 12.1 Å². The Morgan fingerprint density at radius 3 is 2.68 bits per heavy atom. The third-order valence-electron chi connectivity index (χ3n) is 2.27. The van der Waals surface area contributed by atoms with Gasteiger partial charge in [-0.15, -0.1) is 0 Å². The molecule has 0 aromatic heterocycles. The summed E-state index contributed by atoms with van der Waals surface area (Å²) in [4.78, 5) is 22.7. The van der Waals surface area contributed by atoms with Gasteiger partial charge in [0.15, 0.2) is 6.61 Å². The quantitative estimate of drug-likeness (QED) is 0.832. The molecule has 19 heavy (non-hydrogen) atoms. The maximum absolute atomic E-state index is 11.5. The number of halogens is 1. The molecule has 1 aromatic rings. The first kappa shape index (κ1) is 15.3. The SMILES string of the molecule is CC(C)CNC(=O)COc1ccc(Cl)cc1C(N)=O. The highest BCUT2D eigenvalue weighted by atomic mass is 35.5. The van der Waals surface area contributed by atoms with Crippen LogP contribution in [0.4, 0.5) is 0 Å². The molecule has 1 aromatic carbocycles. The summed E-state index contributed by atoms with van der Waals surface area (Å²) >= 11 is 5.77. The van der Waals surface area contributed by atoms with Crippen LogP contribution < -0.4 is 15.8 Å². The van der Waals surface area contributed by atoms with Crippen LogP contribution in [0.5, 0.6) is 5.75 Å². The molecule has 3 N–H and O–H groups in total. The van der Waals surface area contributed by atoms with Crippen LogP contribution in [0.25, 0.3) is 0 Å². The summed E-state index contributed by atoms with van der Waals surface area (Å²) in [5.74, 6) is -0.295. The molecule has 0 bridgehead atoms. The zero-order chi connectivity index (χ0) is 14.4. The lowest BCUT2D eigenvalue weighted by Crippen LogP contribution is -2.32. The van der Waals surface area contributed by atoms with E-state index < -0.39 is 5.91 Å². The fourth-order valence-electron chi connectivity index (χ4n) is 1.33. The summed E-state index contributed by atoms with van der Waals surface area (Å²) in [7, 11) is 0. The molecule has 5 nitrogen and oxygen atoms in total. The summed E-state index contributed by atoms with van der Waals surface area (Å²) in [5, 5.41) is 3.09. The molecule has 0 saturated heterocycles. The molecule has 0 saturated carbocycles. The standard InChI is InChI=1S/C13H17ClN2O3/c1-8(2)6-16-12(17)7-19-11-4-3-9(14)5-10(11)13(15)18/h3-5,8H,6-7H2,1-2H3,(H2,15,18)(H,16,17). The molecule has 0 aliphatic rings. The monoisotopic (exact) mass is 284 g/mol. The van der Waals surface area contributed by atoms with E-state index in [2.05, 4.69) is 5.32 Å². The van der Waals surface area contributed by atoms with Gasteiger partial charge in [0.05, 0.1) is 5.56 Å². The van der Waals surface area contributed by atoms with Crippen molar-refractivity contribution in [2.24, 2.45) is 11.7 Å². The molecule has 104 valence electrons. The highest BCUT2D eigenvalue weighted by molar-refractivity contribution is 6.31. The van der Waals surface area contributed by atoms with Crippen molar-refractivity contribution in [1.82, 2.24) is 5.32 Å². The highest BCUT2D eigenvalue weighted by Crippen LogP contribution is 2.22. The molecule has 1 rings (SSSR count). The predicted molar refractivity (Wildman–Crippen MR) is 73.3 cm³/mol. The van der Waals surface area contributed by atoms with E-state index in [1.807, 2.05) is 13.8 Å². The largest absolute Gasteiger partial charge is 0.483 e. The Hall–Kier alpha value is -1.75. The summed E-state index contributed by atoms with van der Waals surface area (Å²) in [6.07, 6.45) is 0. The van der Waals surface area contributed by atoms with Crippen LogP contribution in [-0.4, -0.2) is 25.0 Å². The predicted octanol–water partition coefficient (Wildman–Crippen LogP) is 1.59. The van der Waals surface area contributed by atoms with E-state index in [4.69, 9.17) is 22.1 Å². The number of carbonyl (C=O) groups is 2. The minimum Gasteiger partial charge on any atom is -0.483 e. The number of amides is 2. The summed E-state index contributed by atoms with van der Waals surface area (Å²) in [6, 6.07) is 4.48. The van der Waals surface area contributed by atoms with Crippen molar-refractivity contribution in [1.29, 1.82) is 0 Å². The Morgan fingerprint density at radius 1 is 1.42 bits per heavy atom. The molecular formula is C13H17ClN2O3. The normalized spacial score (nSPS) is 10.3. The Kier molecular flexibility index (Phi) is 5.63. The second kappa shape index (κ2) is 6.99. The lowest BCUT2D eigenvalue weighted by atomic mass is 10.2. The van der Waals surface area contributed by atoms with Crippen molar-refractivity contribution in [2.75, 3.05) is 13.2 Å². The summed E-state index contributed by atoms with van der Waals surface area (Å²) < 4.78 is 5.28. The number of ether oxygens (including phenoxy) is 1. The van der Waals surface area contributed by atoms with Crippen LogP contribution in [0.15, 0.2) is 18.2 Å². The van der Waals surface area contributed by atoms with Crippen LogP contribution in [-0.2, 0) is 4.79 Å². The molecule has 0 aliphatic carbocycles. The van der Waals surface area contributed by atoms with Crippen molar-refractivity contribution in [2.45, 2.75) is 13.8 Å². The van der Waals surface area contributed by atoms with E-state index >= 15 is 0 Å². The first-order chi connectivity index (χ1) is 8.90. The smallest absolute Gasteiger partial charge is 0.257 e. The number of hydrogen-bond donors (Lipinski definition) is 2. The Bertz CT molecular complexity index is 475. The van der Waals surface area contributed by atoms with E-state index in [0.29, 0.717) is 17.5 Å². The minimum atomic E-state index is -0.653. The molecule has 6 heteroatoms. The van der Waals surface area contributed by atoms with Crippen molar-refractivity contribution < 1.29 is 14.3 Å². The third kappa shape index (κ3) is 5.18. The van der Waals surface area contributed by atoms with Gasteiger partial charge in [-0.1, -0.05) is 25.4 Å². The number of carbonyl (C=O) groups excluding carboxylic acids is 2. The van der Waals surface area contributed by atoms with Gasteiger partial charge in [-0.2, -0.15) is 0 Å². The number of benzene rings is 1. The first-order valence-electron chi connectivity index (χ1n) is 5.89. The van der Waals surface area contributed by atoms with Crippen LogP contribution in [0.1, 0.15) is 24.2 Å². The minimum absolute atomic E-state index is 0.157. The molecular weight excluding hydrogens is 268 g/mol. The molecule has 2 amide bonds. The summed E-state index contributed by atoms with van der Waals surface area (Å²) in [5.41, 5.74) is 5.37. The number of nitrogens with two attached hydrogens (primary N) is 1. The molecule has 0 fully saturated rings. The third-order valence-corrected chi connectivity index (χ3v) is 2.51. The number of nitrogens with one attached hydrogen (secondary N) is 1. The van der Waals surface area contributed by atoms with Gasteiger partial charge in [-0.05, 0) is 24.1 Å². The Labute approximate surface area is 117 Å². The van der Waals surface area contributed by atoms with Crippen LogP contribution in [0.3, 0.4) is 0 Å². The van der Waals surface area contributed by atoms with Crippen LogP contribution in [0, 0.1) is 5.92 Å². The van der Waals surface area contributed by atoms with Gasteiger partial charge in [0, 0.05) is 11.6 Å². The average molecular weight is 285 g/mol. The lowest BCUT2D eigenvalue weighted by molar-refractivity contribution is -0.123. The Balaban J connectivity index is 2.62. The van der Waals surface area contributed by atoms with Gasteiger partial charge < -0.3 is 15.8 Å². The fourth-order valence-corrected chi connectivity index (χ4v) is 1.51. The fraction of sp³-hybridized carbons (Fsp3) is 0.385. The van der Waals surface area contributed by atoms with Crippen LogP contribution in [0.2, 0.25) is 5.02 Å². The zero-order valence-electron chi connectivity index (χ0n) is 10.9. The van der Waals surface area contributed by atoms with Gasteiger partial charge in [0.25, 0.3) is 11.8 Å². The van der Waals surface area contributed by atoms with Gasteiger partial charge >= 0.3 is 0 Å². The van der Waals surface area contributed by atoms with E-state index in [9.17, 15) is 9.59 Å². The first-order valence-corrected chi connectivity index (χ1v) is 6.26. The van der Waals surface area contributed by atoms with Crippen LogP contribution >= 0.6 is 11.6 Å². The van der Waals surface area contributed by atoms with E-state index in [0.717, 1.165) is 0 Å². The van der Waals surface area contributed by atoms with Crippen molar-refractivity contribution in [3.8, 4) is 5.75 Å². The van der Waals surface area contributed by atoms with Crippen molar-refractivity contribution in [3.05, 3.63) is 28.8 Å². The summed E-state index contributed by atoms with van der Waals surface area (Å²) in [6.45, 7) is 4.39. The highest BCUT2D eigenvalue weighted by Gasteiger charge is 2.12. The van der Waals surface area contributed by atoms with Gasteiger partial charge in [0.1, 0.15) is 5.75 Å². The number of primary amides is 1. The van der Waals surface area contributed by atoms with Gasteiger partial charge in [-0.25, -0.2) is 0 Å². The average Bonchev–Trinajstić information content (AvgIpc) is 2.34. The molecule has 0 aliphatic heterocycles. The molecule has 0 heterocycles. The maximum Gasteiger partial charge on any atom is 0.257 e. The van der Waals surface area contributed by atoms with Crippen molar-refractivity contribution >= 4 is 23.4 Å². The zero-order valence-corrected chi connectivity index (χ0v) is 11.7. The molecule has 0 radical (unpaired) electrons. The van der Waals surface area contributed by atoms with Crippen molar-refractivity contribution in [3.63, 3.8) is 0 Å². The number of hydrogen-bond acceptors (Lipinski definition) is 3. The maximum atomic E-state index is 11.5. The van der Waals surface area contributed by atoms with E-state index in [-0.39, 0.29) is 23.8 Å². The van der Waals surface area contributed by atoms with Gasteiger partial charge in [-0.3, -0.25) is 9.59 Å². The number of rotatable bonds is 6. The molecule has 0 atom stereocenters. The molecule has 0 spiro atoms. The molecule has 0 unspecified atom stereocenters. The van der Waals surface area contributed by atoms with Gasteiger partial charge in [0.2, 0.25) is 0 Å². The lowest BCUT2D eigenvalue weighted by Gasteiger charge is -2.11. The second-order valence-corrected chi connectivity index (χ2v) is 4.93. The second-order valence-electron chi connectivity index (χ2n) is 4.49. The Morgan fingerprint density at radius 2 is 2.11 bits per heavy atom.